The zero-order valence-electron chi connectivity index (χ0n) is 8.20. The first-order valence-corrected chi connectivity index (χ1v) is 5.16. The predicted molar refractivity (Wildman–Crippen MR) is 58.1 cm³/mol. The summed E-state index contributed by atoms with van der Waals surface area (Å²) in [5.41, 5.74) is 0.262. The van der Waals surface area contributed by atoms with Gasteiger partial charge in [-0.3, -0.25) is 4.79 Å². The molecule has 0 saturated heterocycles. The highest BCUT2D eigenvalue weighted by atomic mass is 79.9. The van der Waals surface area contributed by atoms with Gasteiger partial charge in [-0.25, -0.2) is 4.39 Å². The zero-order chi connectivity index (χ0) is 11.4. The first-order chi connectivity index (χ1) is 7.04. The van der Waals surface area contributed by atoms with Crippen LogP contribution in [0.15, 0.2) is 22.7 Å². The fourth-order valence-corrected chi connectivity index (χ4v) is 1.61. The molecule has 0 fully saturated rings. The monoisotopic (exact) mass is 275 g/mol. The van der Waals surface area contributed by atoms with Crippen LogP contribution in [0.25, 0.3) is 0 Å². The van der Waals surface area contributed by atoms with Crippen molar-refractivity contribution in [1.82, 2.24) is 4.90 Å². The van der Waals surface area contributed by atoms with Gasteiger partial charge in [0.1, 0.15) is 5.82 Å². The second-order valence-electron chi connectivity index (χ2n) is 3.11. The predicted octanol–water partition coefficient (Wildman–Crippen LogP) is 1.65. The number of amides is 1. The average Bonchev–Trinajstić information content (AvgIpc) is 2.15. The molecule has 3 nitrogen and oxygen atoms in total. The number of likely N-dealkylation sites (N-methyl/N-ethyl adjacent to an activating group) is 1. The Balaban J connectivity index is 2.90. The van der Waals surface area contributed by atoms with E-state index in [-0.39, 0.29) is 24.6 Å². The molecule has 0 heterocycles. The molecule has 1 N–H and O–H groups in total. The van der Waals surface area contributed by atoms with Crippen molar-refractivity contribution in [3.05, 3.63) is 34.1 Å². The highest BCUT2D eigenvalue weighted by molar-refractivity contribution is 9.10. The smallest absolute Gasteiger partial charge is 0.253 e. The van der Waals surface area contributed by atoms with Crippen molar-refractivity contribution in [3.8, 4) is 0 Å². The van der Waals surface area contributed by atoms with Crippen molar-refractivity contribution in [1.29, 1.82) is 0 Å². The number of hydrogen-bond acceptors (Lipinski definition) is 2. The minimum Gasteiger partial charge on any atom is -0.395 e. The van der Waals surface area contributed by atoms with Crippen LogP contribution in [0.2, 0.25) is 0 Å². The topological polar surface area (TPSA) is 40.5 Å². The Bertz CT molecular complexity index is 350. The zero-order valence-corrected chi connectivity index (χ0v) is 9.79. The van der Waals surface area contributed by atoms with E-state index in [1.807, 2.05) is 0 Å². The van der Waals surface area contributed by atoms with Gasteiger partial charge in [0.25, 0.3) is 5.91 Å². The number of carbonyl (C=O) groups excluding carboxylic acids is 1. The highest BCUT2D eigenvalue weighted by Gasteiger charge is 2.12. The number of halogens is 2. The van der Waals surface area contributed by atoms with Gasteiger partial charge in [-0.1, -0.05) is 15.9 Å². The highest BCUT2D eigenvalue weighted by Crippen LogP contribution is 2.15. The van der Waals surface area contributed by atoms with E-state index in [2.05, 4.69) is 15.9 Å². The molecular weight excluding hydrogens is 265 g/mol. The van der Waals surface area contributed by atoms with Gasteiger partial charge in [0, 0.05) is 23.6 Å². The normalized spacial score (nSPS) is 10.1. The molecule has 0 aliphatic carbocycles. The average molecular weight is 276 g/mol. The molecule has 0 spiro atoms. The van der Waals surface area contributed by atoms with Crippen molar-refractivity contribution in [2.24, 2.45) is 0 Å². The Labute approximate surface area is 95.6 Å². The molecule has 1 aromatic carbocycles. The lowest BCUT2D eigenvalue weighted by atomic mass is 10.2. The van der Waals surface area contributed by atoms with E-state index in [4.69, 9.17) is 5.11 Å². The summed E-state index contributed by atoms with van der Waals surface area (Å²) in [5, 5.41) is 8.66. The van der Waals surface area contributed by atoms with Crippen LogP contribution in [-0.4, -0.2) is 36.1 Å². The Kier molecular flexibility index (Phi) is 4.23. The summed E-state index contributed by atoms with van der Waals surface area (Å²) < 4.78 is 13.5. The summed E-state index contributed by atoms with van der Waals surface area (Å²) >= 11 is 3.11. The number of hydrogen-bond donors (Lipinski definition) is 1. The molecule has 0 atom stereocenters. The van der Waals surface area contributed by atoms with Crippen LogP contribution in [0.3, 0.4) is 0 Å². The van der Waals surface area contributed by atoms with Gasteiger partial charge < -0.3 is 10.0 Å². The van der Waals surface area contributed by atoms with Crippen LogP contribution in [0.5, 0.6) is 0 Å². The van der Waals surface area contributed by atoms with Crippen molar-refractivity contribution in [2.45, 2.75) is 0 Å². The largest absolute Gasteiger partial charge is 0.395 e. The van der Waals surface area contributed by atoms with Gasteiger partial charge in [-0.05, 0) is 18.2 Å². The molecular formula is C10H11BrFNO2. The van der Waals surface area contributed by atoms with Crippen molar-refractivity contribution in [2.75, 3.05) is 20.2 Å². The van der Waals surface area contributed by atoms with E-state index in [1.165, 1.54) is 17.0 Å². The minimum absolute atomic E-state index is 0.112. The van der Waals surface area contributed by atoms with E-state index in [1.54, 1.807) is 13.1 Å². The molecule has 1 amide bonds. The number of rotatable bonds is 3. The minimum atomic E-state index is -0.467. The number of nitrogens with zero attached hydrogens (tertiary/aromatic N) is 1. The van der Waals surface area contributed by atoms with Crippen LogP contribution in [0.1, 0.15) is 10.4 Å². The third-order valence-corrected chi connectivity index (χ3v) is 2.35. The Morgan fingerprint density at radius 1 is 1.53 bits per heavy atom. The first kappa shape index (κ1) is 12.1. The number of aliphatic hydroxyl groups is 1. The third kappa shape index (κ3) is 3.28. The van der Waals surface area contributed by atoms with Crippen LogP contribution in [-0.2, 0) is 0 Å². The molecule has 0 radical (unpaired) electrons. The molecule has 0 saturated carbocycles. The van der Waals surface area contributed by atoms with Crippen LogP contribution in [0, 0.1) is 5.82 Å². The van der Waals surface area contributed by atoms with E-state index < -0.39 is 5.82 Å². The maximum absolute atomic E-state index is 13.0. The van der Waals surface area contributed by atoms with Gasteiger partial charge >= 0.3 is 0 Å². The fraction of sp³-hybridized carbons (Fsp3) is 0.300. The Hall–Kier alpha value is -0.940. The van der Waals surface area contributed by atoms with Gasteiger partial charge in [-0.15, -0.1) is 0 Å². The van der Waals surface area contributed by atoms with Crippen LogP contribution < -0.4 is 0 Å². The quantitative estimate of drug-likeness (QED) is 0.912. The van der Waals surface area contributed by atoms with Crippen LogP contribution in [0.4, 0.5) is 4.39 Å². The second-order valence-corrected chi connectivity index (χ2v) is 4.02. The molecule has 5 heteroatoms. The van der Waals surface area contributed by atoms with E-state index in [0.29, 0.717) is 4.47 Å². The van der Waals surface area contributed by atoms with Gasteiger partial charge in [0.05, 0.1) is 6.61 Å². The molecule has 0 bridgehead atoms. The first-order valence-electron chi connectivity index (χ1n) is 4.37. The van der Waals surface area contributed by atoms with Crippen molar-refractivity contribution in [3.63, 3.8) is 0 Å². The third-order valence-electron chi connectivity index (χ3n) is 1.89. The standard InChI is InChI=1S/C10H11BrFNO2/c1-13(2-3-14)10(15)7-4-8(11)6-9(12)5-7/h4-6,14H,2-3H2,1H3. The molecule has 0 aliphatic heterocycles. The summed E-state index contributed by atoms with van der Waals surface area (Å²) in [6.07, 6.45) is 0. The maximum Gasteiger partial charge on any atom is 0.253 e. The summed E-state index contributed by atoms with van der Waals surface area (Å²) in [7, 11) is 1.55. The van der Waals surface area contributed by atoms with E-state index in [0.717, 1.165) is 0 Å². The van der Waals surface area contributed by atoms with Crippen molar-refractivity contribution < 1.29 is 14.3 Å². The number of aliphatic hydroxyl groups excluding tert-OH is 1. The van der Waals surface area contributed by atoms with E-state index in [9.17, 15) is 9.18 Å². The molecule has 1 aromatic rings. The molecule has 0 aromatic heterocycles. The van der Waals surface area contributed by atoms with Gasteiger partial charge in [0.2, 0.25) is 0 Å². The lowest BCUT2D eigenvalue weighted by molar-refractivity contribution is 0.0766. The lowest BCUT2D eigenvalue weighted by Gasteiger charge is -2.15. The summed E-state index contributed by atoms with van der Waals surface area (Å²) in [4.78, 5) is 13.0. The molecule has 1 rings (SSSR count). The lowest BCUT2D eigenvalue weighted by Crippen LogP contribution is -2.29. The number of carbonyl (C=O) groups is 1. The Morgan fingerprint density at radius 2 is 2.20 bits per heavy atom. The van der Waals surface area contributed by atoms with E-state index >= 15 is 0 Å². The molecule has 0 aliphatic rings. The van der Waals surface area contributed by atoms with Gasteiger partial charge in [0.15, 0.2) is 0 Å². The summed E-state index contributed by atoms with van der Waals surface area (Å²) in [6, 6.07) is 3.99. The SMILES string of the molecule is CN(CCO)C(=O)c1cc(F)cc(Br)c1. The van der Waals surface area contributed by atoms with Gasteiger partial charge in [-0.2, -0.15) is 0 Å². The summed E-state index contributed by atoms with van der Waals surface area (Å²) in [5.74, 6) is -0.783. The summed E-state index contributed by atoms with van der Waals surface area (Å²) in [6.45, 7) is 0.117. The molecule has 82 valence electrons. The maximum atomic E-state index is 13.0. The molecule has 15 heavy (non-hydrogen) atoms. The molecule has 0 unspecified atom stereocenters. The van der Waals surface area contributed by atoms with Crippen LogP contribution >= 0.6 is 15.9 Å². The second kappa shape index (κ2) is 5.23. The van der Waals surface area contributed by atoms with Crippen molar-refractivity contribution >= 4 is 21.8 Å². The number of benzene rings is 1. The fourth-order valence-electron chi connectivity index (χ4n) is 1.15. The Morgan fingerprint density at radius 3 is 2.73 bits per heavy atom.